The van der Waals surface area contributed by atoms with Crippen LogP contribution in [0.3, 0.4) is 0 Å². The number of hydrogen-bond acceptors (Lipinski definition) is 5. The van der Waals surface area contributed by atoms with Gasteiger partial charge in [0.05, 0.1) is 24.5 Å². The molecule has 1 aromatic carbocycles. The summed E-state index contributed by atoms with van der Waals surface area (Å²) < 4.78 is 0. The van der Waals surface area contributed by atoms with Crippen molar-refractivity contribution in [1.82, 2.24) is 10.2 Å². The summed E-state index contributed by atoms with van der Waals surface area (Å²) in [5.41, 5.74) is 1.72. The largest absolute Gasteiger partial charge is 0.394 e. The molecule has 3 N–H and O–H groups in total. The topological polar surface area (TPSA) is 102 Å². The molecule has 8 nitrogen and oxygen atoms in total. The van der Waals surface area contributed by atoms with Crippen molar-refractivity contribution in [2.75, 3.05) is 37.0 Å². The summed E-state index contributed by atoms with van der Waals surface area (Å²) in [5, 5.41) is 16.0. The Morgan fingerprint density at radius 3 is 2.25 bits per heavy atom. The highest BCUT2D eigenvalue weighted by Crippen LogP contribution is 2.45. The van der Waals surface area contributed by atoms with Gasteiger partial charge in [0.25, 0.3) is 0 Å². The molecule has 198 valence electrons. The van der Waals surface area contributed by atoms with Crippen LogP contribution >= 0.6 is 0 Å². The molecule has 6 atom stereocenters. The van der Waals surface area contributed by atoms with Gasteiger partial charge in [-0.2, -0.15) is 0 Å². The van der Waals surface area contributed by atoms with Crippen molar-refractivity contribution in [1.29, 1.82) is 0 Å². The van der Waals surface area contributed by atoms with Crippen LogP contribution in [0.25, 0.3) is 0 Å². The molecule has 1 heterocycles. The van der Waals surface area contributed by atoms with Crippen molar-refractivity contribution in [3.63, 3.8) is 0 Å². The molecule has 1 aliphatic carbocycles. The first-order valence-electron chi connectivity index (χ1n) is 13.2. The number of amides is 3. The normalized spacial score (nSPS) is 26.1. The minimum Gasteiger partial charge on any atom is -0.394 e. The zero-order valence-electron chi connectivity index (χ0n) is 22.4. The summed E-state index contributed by atoms with van der Waals surface area (Å²) in [4.78, 5) is 44.2. The Labute approximate surface area is 215 Å². The molecule has 36 heavy (non-hydrogen) atoms. The minimum atomic E-state index is -0.809. The fraction of sp³-hybridized carbons (Fsp3) is 0.607. The summed E-state index contributed by atoms with van der Waals surface area (Å²) >= 11 is 0. The van der Waals surface area contributed by atoms with Crippen LogP contribution in [0.4, 0.5) is 11.4 Å². The zero-order valence-corrected chi connectivity index (χ0v) is 22.4. The molecule has 0 spiro atoms. The van der Waals surface area contributed by atoms with Gasteiger partial charge in [0.15, 0.2) is 0 Å². The van der Waals surface area contributed by atoms with Gasteiger partial charge in [-0.05, 0) is 56.4 Å². The van der Waals surface area contributed by atoms with Gasteiger partial charge >= 0.3 is 0 Å². The Kier molecular flexibility index (Phi) is 9.17. The maximum absolute atomic E-state index is 13.9. The van der Waals surface area contributed by atoms with E-state index in [9.17, 15) is 19.5 Å². The van der Waals surface area contributed by atoms with Gasteiger partial charge in [-0.1, -0.05) is 32.9 Å². The van der Waals surface area contributed by atoms with Crippen LogP contribution in [0.1, 0.15) is 41.0 Å². The number of likely N-dealkylation sites (tertiary alicyclic amines) is 1. The predicted octanol–water partition coefficient (Wildman–Crippen LogP) is 2.89. The lowest BCUT2D eigenvalue weighted by Crippen LogP contribution is -2.51. The first-order chi connectivity index (χ1) is 17.2. The van der Waals surface area contributed by atoms with Gasteiger partial charge in [0.1, 0.15) is 6.04 Å². The molecule has 1 aliphatic heterocycles. The van der Waals surface area contributed by atoms with Crippen molar-refractivity contribution < 1.29 is 19.5 Å². The molecule has 1 fully saturated rings. The maximum Gasteiger partial charge on any atom is 0.247 e. The monoisotopic (exact) mass is 498 g/mol. The highest BCUT2D eigenvalue weighted by atomic mass is 16.3. The molecule has 0 saturated carbocycles. The maximum atomic E-state index is 13.9. The number of benzene rings is 1. The predicted molar refractivity (Wildman–Crippen MR) is 142 cm³/mol. The van der Waals surface area contributed by atoms with Crippen molar-refractivity contribution in [2.24, 2.45) is 29.6 Å². The van der Waals surface area contributed by atoms with E-state index in [4.69, 9.17) is 0 Å². The van der Waals surface area contributed by atoms with Crippen molar-refractivity contribution in [3.05, 3.63) is 36.4 Å². The number of aliphatic hydroxyl groups is 1. The Morgan fingerprint density at radius 2 is 1.72 bits per heavy atom. The molecular weight excluding hydrogens is 456 g/mol. The Hall–Kier alpha value is -2.87. The van der Waals surface area contributed by atoms with E-state index in [0.717, 1.165) is 18.8 Å². The van der Waals surface area contributed by atoms with Crippen molar-refractivity contribution in [2.45, 2.75) is 53.1 Å². The third kappa shape index (κ3) is 5.43. The van der Waals surface area contributed by atoms with Gasteiger partial charge in [-0.15, -0.1) is 0 Å². The molecule has 0 aromatic heterocycles. The SMILES string of the molecule is CCN(CC)c1ccc(NC(=O)[C@@H]2[C@H]3C=C[C@@H](C)[C@@H](C(=O)NC)[C@H]3C(=O)N2[C@@H](CO)CC(C)C)cc1. The fourth-order valence-electron chi connectivity index (χ4n) is 5.88. The smallest absolute Gasteiger partial charge is 0.247 e. The number of carbonyl (C=O) groups is 3. The molecule has 0 bridgehead atoms. The second-order valence-corrected chi connectivity index (χ2v) is 10.4. The molecule has 1 aromatic rings. The zero-order chi connectivity index (χ0) is 26.6. The second kappa shape index (κ2) is 11.9. The number of carbonyl (C=O) groups excluding carboxylic acids is 3. The first kappa shape index (κ1) is 27.7. The van der Waals surface area contributed by atoms with Gasteiger partial charge in [0.2, 0.25) is 17.7 Å². The first-order valence-corrected chi connectivity index (χ1v) is 13.2. The summed E-state index contributed by atoms with van der Waals surface area (Å²) in [6.07, 6.45) is 4.42. The number of nitrogens with one attached hydrogen (secondary N) is 2. The van der Waals surface area contributed by atoms with Crippen LogP contribution in [0.15, 0.2) is 36.4 Å². The number of nitrogens with zero attached hydrogens (tertiary/aromatic N) is 2. The van der Waals surface area contributed by atoms with Gasteiger partial charge < -0.3 is 25.5 Å². The summed E-state index contributed by atoms with van der Waals surface area (Å²) in [6, 6.07) is 6.38. The molecule has 8 heteroatoms. The average molecular weight is 499 g/mol. The van der Waals surface area contributed by atoms with E-state index >= 15 is 0 Å². The molecular formula is C28H42N4O4. The van der Waals surface area contributed by atoms with E-state index in [0.29, 0.717) is 12.1 Å². The standard InChI is InChI=1S/C28H42N4O4/c1-7-31(8-2)20-12-10-19(11-13-20)30-27(35)25-22-14-9-18(5)23(26(34)29-6)24(22)28(36)32(25)21(16-33)15-17(3)4/h9-14,17-18,21-25,33H,7-8,15-16H2,1-6H3,(H,29,34)(H,30,35)/t18-,21-,22+,23-,24+,25+/m1/s1. The number of rotatable bonds is 10. The van der Waals surface area contributed by atoms with Crippen molar-refractivity contribution in [3.8, 4) is 0 Å². The number of allylic oxidation sites excluding steroid dienone is 1. The highest BCUT2D eigenvalue weighted by Gasteiger charge is 2.58. The molecule has 3 amide bonds. The van der Waals surface area contributed by atoms with E-state index in [2.05, 4.69) is 29.4 Å². The fourth-order valence-corrected chi connectivity index (χ4v) is 5.88. The Bertz CT molecular complexity index is 957. The molecule has 1 saturated heterocycles. The van der Waals surface area contributed by atoms with Crippen LogP contribution in [0.5, 0.6) is 0 Å². The second-order valence-electron chi connectivity index (χ2n) is 10.4. The van der Waals surface area contributed by atoms with Crippen LogP contribution in [0.2, 0.25) is 0 Å². The van der Waals surface area contributed by atoms with E-state index in [1.807, 2.05) is 57.2 Å². The molecule has 0 radical (unpaired) electrons. The highest BCUT2D eigenvalue weighted by molar-refractivity contribution is 6.02. The van der Waals surface area contributed by atoms with Gasteiger partial charge in [-0.25, -0.2) is 0 Å². The summed E-state index contributed by atoms with van der Waals surface area (Å²) in [6.45, 7) is 11.7. The van der Waals surface area contributed by atoms with Crippen LogP contribution in [-0.4, -0.2) is 66.6 Å². The Balaban J connectivity index is 1.96. The number of hydrogen-bond donors (Lipinski definition) is 3. The lowest BCUT2D eigenvalue weighted by Gasteiger charge is -2.34. The lowest BCUT2D eigenvalue weighted by atomic mass is 9.70. The van der Waals surface area contributed by atoms with E-state index in [1.165, 1.54) is 0 Å². The number of aliphatic hydroxyl groups excluding tert-OH is 1. The minimum absolute atomic E-state index is 0.135. The van der Waals surface area contributed by atoms with Gasteiger partial charge in [0, 0.05) is 37.4 Å². The molecule has 3 rings (SSSR count). The number of anilines is 2. The third-order valence-electron chi connectivity index (χ3n) is 7.64. The van der Waals surface area contributed by atoms with E-state index < -0.39 is 29.8 Å². The summed E-state index contributed by atoms with van der Waals surface area (Å²) in [5.74, 6) is -2.32. The van der Waals surface area contributed by atoms with Crippen LogP contribution in [-0.2, 0) is 14.4 Å². The van der Waals surface area contributed by atoms with Crippen LogP contribution < -0.4 is 15.5 Å². The van der Waals surface area contributed by atoms with Crippen LogP contribution in [0, 0.1) is 29.6 Å². The molecule has 0 unspecified atom stereocenters. The lowest BCUT2D eigenvalue weighted by molar-refractivity contribution is -0.142. The quantitative estimate of drug-likeness (QED) is 0.431. The third-order valence-corrected chi connectivity index (χ3v) is 7.64. The van der Waals surface area contributed by atoms with Crippen molar-refractivity contribution >= 4 is 29.1 Å². The number of fused-ring (bicyclic) bond motifs is 1. The summed E-state index contributed by atoms with van der Waals surface area (Å²) in [7, 11) is 1.57. The van der Waals surface area contributed by atoms with E-state index in [1.54, 1.807) is 11.9 Å². The average Bonchev–Trinajstić information content (AvgIpc) is 3.15. The Morgan fingerprint density at radius 1 is 1.08 bits per heavy atom. The molecule has 2 aliphatic rings. The van der Waals surface area contributed by atoms with Gasteiger partial charge in [-0.3, -0.25) is 14.4 Å². The van der Waals surface area contributed by atoms with E-state index in [-0.39, 0.29) is 36.2 Å².